The van der Waals surface area contributed by atoms with Crippen LogP contribution in [0, 0.1) is 12.8 Å². The van der Waals surface area contributed by atoms with E-state index in [1.54, 1.807) is 6.20 Å². The van der Waals surface area contributed by atoms with Gasteiger partial charge in [0.15, 0.2) is 0 Å². The Labute approximate surface area is 99.1 Å². The van der Waals surface area contributed by atoms with Crippen molar-refractivity contribution in [2.75, 3.05) is 18.8 Å². The molecule has 16 heavy (non-hydrogen) atoms. The fraction of sp³-hybridized carbons (Fsp3) is 0.583. The fourth-order valence-corrected chi connectivity index (χ4v) is 3.23. The molecule has 0 amide bonds. The van der Waals surface area contributed by atoms with E-state index < -0.39 is 10.8 Å². The van der Waals surface area contributed by atoms with Crippen molar-refractivity contribution in [1.29, 1.82) is 0 Å². The molecular weight excluding hydrogens is 220 g/mol. The van der Waals surface area contributed by atoms with Gasteiger partial charge in [0.25, 0.3) is 0 Å². The summed E-state index contributed by atoms with van der Waals surface area (Å²) in [6.45, 7) is 4.09. The molecule has 0 aliphatic carbocycles. The van der Waals surface area contributed by atoms with Crippen LogP contribution in [0.3, 0.4) is 0 Å². The van der Waals surface area contributed by atoms with Crippen LogP contribution < -0.4 is 5.32 Å². The Balaban J connectivity index is 1.94. The average Bonchev–Trinajstić information content (AvgIpc) is 2.31. The van der Waals surface area contributed by atoms with Crippen LogP contribution in [0.2, 0.25) is 0 Å². The maximum Gasteiger partial charge on any atom is 0.127 e. The summed E-state index contributed by atoms with van der Waals surface area (Å²) in [7, 11) is -0.940. The van der Waals surface area contributed by atoms with Gasteiger partial charge in [0.05, 0.1) is 10.8 Å². The minimum absolute atomic E-state index is 0.540. The Morgan fingerprint density at radius 1 is 1.56 bits per heavy atom. The van der Waals surface area contributed by atoms with Crippen LogP contribution in [0.15, 0.2) is 23.4 Å². The lowest BCUT2D eigenvalue weighted by Crippen LogP contribution is -2.32. The van der Waals surface area contributed by atoms with Crippen LogP contribution in [0.25, 0.3) is 0 Å². The van der Waals surface area contributed by atoms with Gasteiger partial charge in [-0.25, -0.2) is 4.98 Å². The minimum atomic E-state index is -0.940. The number of rotatable bonds is 3. The number of aryl methyl sites for hydroxylation is 1. The van der Waals surface area contributed by atoms with E-state index in [0.717, 1.165) is 29.4 Å². The third-order valence-corrected chi connectivity index (χ3v) is 4.39. The number of nitrogens with one attached hydrogen (secondary N) is 1. The maximum atomic E-state index is 12.0. The molecule has 1 aliphatic heterocycles. The van der Waals surface area contributed by atoms with Crippen molar-refractivity contribution in [3.8, 4) is 0 Å². The zero-order valence-electron chi connectivity index (χ0n) is 9.61. The molecule has 0 radical (unpaired) electrons. The highest BCUT2D eigenvalue weighted by Crippen LogP contribution is 2.14. The molecular formula is C12H18N2OS. The van der Waals surface area contributed by atoms with Crippen LogP contribution in [0.4, 0.5) is 0 Å². The molecule has 2 rings (SSSR count). The highest BCUT2D eigenvalue weighted by molar-refractivity contribution is 7.84. The smallest absolute Gasteiger partial charge is 0.127 e. The molecule has 1 aromatic rings. The van der Waals surface area contributed by atoms with E-state index in [9.17, 15) is 4.21 Å². The average molecular weight is 238 g/mol. The van der Waals surface area contributed by atoms with Crippen molar-refractivity contribution >= 4 is 10.8 Å². The summed E-state index contributed by atoms with van der Waals surface area (Å²) in [5, 5.41) is 4.06. The fourth-order valence-electron chi connectivity index (χ4n) is 1.95. The molecule has 2 heterocycles. The SMILES string of the molecule is Cc1ccc([S@@](=O)C[C@H]2CCCNC2)nc1. The second-order valence-electron chi connectivity index (χ2n) is 4.40. The van der Waals surface area contributed by atoms with Crippen molar-refractivity contribution in [3.05, 3.63) is 23.9 Å². The highest BCUT2D eigenvalue weighted by Gasteiger charge is 2.17. The van der Waals surface area contributed by atoms with Crippen LogP contribution in [0.1, 0.15) is 18.4 Å². The first kappa shape index (κ1) is 11.7. The van der Waals surface area contributed by atoms with E-state index in [2.05, 4.69) is 10.3 Å². The molecule has 0 unspecified atom stereocenters. The largest absolute Gasteiger partial charge is 0.316 e. The van der Waals surface area contributed by atoms with Crippen molar-refractivity contribution < 1.29 is 4.21 Å². The Morgan fingerprint density at radius 2 is 2.44 bits per heavy atom. The van der Waals surface area contributed by atoms with Gasteiger partial charge in [0, 0.05) is 11.9 Å². The second kappa shape index (κ2) is 5.55. The first-order valence-corrected chi connectivity index (χ1v) is 7.09. The molecule has 0 bridgehead atoms. The zero-order valence-corrected chi connectivity index (χ0v) is 10.4. The summed E-state index contributed by atoms with van der Waals surface area (Å²) >= 11 is 0. The summed E-state index contributed by atoms with van der Waals surface area (Å²) in [4.78, 5) is 4.22. The van der Waals surface area contributed by atoms with Gasteiger partial charge in [-0.2, -0.15) is 0 Å². The quantitative estimate of drug-likeness (QED) is 0.867. The van der Waals surface area contributed by atoms with Crippen LogP contribution >= 0.6 is 0 Å². The van der Waals surface area contributed by atoms with Crippen molar-refractivity contribution in [2.45, 2.75) is 24.8 Å². The van der Waals surface area contributed by atoms with Crippen molar-refractivity contribution in [2.24, 2.45) is 5.92 Å². The predicted molar refractivity (Wildman–Crippen MR) is 65.8 cm³/mol. The van der Waals surface area contributed by atoms with E-state index in [-0.39, 0.29) is 0 Å². The Bertz CT molecular complexity index is 358. The highest BCUT2D eigenvalue weighted by atomic mass is 32.2. The van der Waals surface area contributed by atoms with Gasteiger partial charge in [0.2, 0.25) is 0 Å². The van der Waals surface area contributed by atoms with E-state index in [4.69, 9.17) is 0 Å². The maximum absolute atomic E-state index is 12.0. The predicted octanol–water partition coefficient (Wildman–Crippen LogP) is 1.50. The van der Waals surface area contributed by atoms with Gasteiger partial charge in [-0.05, 0) is 50.4 Å². The van der Waals surface area contributed by atoms with Gasteiger partial charge >= 0.3 is 0 Å². The first-order valence-electron chi connectivity index (χ1n) is 5.77. The van der Waals surface area contributed by atoms with Crippen LogP contribution in [-0.2, 0) is 10.8 Å². The summed E-state index contributed by atoms with van der Waals surface area (Å²) in [6.07, 6.45) is 4.17. The number of pyridine rings is 1. The molecule has 88 valence electrons. The van der Waals surface area contributed by atoms with Crippen molar-refractivity contribution in [3.63, 3.8) is 0 Å². The van der Waals surface area contributed by atoms with Gasteiger partial charge in [-0.15, -0.1) is 0 Å². The van der Waals surface area contributed by atoms with Gasteiger partial charge in [-0.1, -0.05) is 6.07 Å². The van der Waals surface area contributed by atoms with Gasteiger partial charge < -0.3 is 5.32 Å². The molecule has 1 aromatic heterocycles. The molecule has 1 aliphatic rings. The molecule has 3 nitrogen and oxygen atoms in total. The number of piperidine rings is 1. The Hall–Kier alpha value is -0.740. The summed E-state index contributed by atoms with van der Waals surface area (Å²) in [6, 6.07) is 3.85. The monoisotopic (exact) mass is 238 g/mol. The molecule has 1 N–H and O–H groups in total. The van der Waals surface area contributed by atoms with E-state index in [1.165, 1.54) is 12.8 Å². The zero-order chi connectivity index (χ0) is 11.4. The lowest BCUT2D eigenvalue weighted by atomic mass is 10.0. The summed E-state index contributed by atoms with van der Waals surface area (Å²) in [5.74, 6) is 1.28. The normalized spacial score (nSPS) is 22.9. The topological polar surface area (TPSA) is 42.0 Å². The number of aromatic nitrogens is 1. The van der Waals surface area contributed by atoms with Crippen LogP contribution in [-0.4, -0.2) is 28.0 Å². The van der Waals surface area contributed by atoms with Crippen molar-refractivity contribution in [1.82, 2.24) is 10.3 Å². The number of hydrogen-bond donors (Lipinski definition) is 1. The molecule has 0 aromatic carbocycles. The molecule has 0 saturated carbocycles. The molecule has 4 heteroatoms. The van der Waals surface area contributed by atoms with E-state index >= 15 is 0 Å². The van der Waals surface area contributed by atoms with E-state index in [0.29, 0.717) is 5.92 Å². The van der Waals surface area contributed by atoms with Gasteiger partial charge in [0.1, 0.15) is 5.03 Å². The lowest BCUT2D eigenvalue weighted by Gasteiger charge is -2.21. The standard InChI is InChI=1S/C12H18N2OS/c1-10-4-5-12(14-7-10)16(15)9-11-3-2-6-13-8-11/h4-5,7,11,13H,2-3,6,8-9H2,1H3/t11-,16-/m0/s1. The minimum Gasteiger partial charge on any atom is -0.316 e. The molecule has 0 spiro atoms. The Morgan fingerprint density at radius 3 is 3.06 bits per heavy atom. The summed E-state index contributed by atoms with van der Waals surface area (Å²) in [5.41, 5.74) is 1.11. The number of hydrogen-bond acceptors (Lipinski definition) is 3. The first-order chi connectivity index (χ1) is 7.75. The Kier molecular flexibility index (Phi) is 4.07. The molecule has 1 saturated heterocycles. The molecule has 2 atom stereocenters. The number of nitrogens with zero attached hydrogens (tertiary/aromatic N) is 1. The van der Waals surface area contributed by atoms with E-state index in [1.807, 2.05) is 19.1 Å². The van der Waals surface area contributed by atoms with Gasteiger partial charge in [-0.3, -0.25) is 4.21 Å². The summed E-state index contributed by atoms with van der Waals surface area (Å²) < 4.78 is 12.0. The second-order valence-corrected chi connectivity index (χ2v) is 5.84. The lowest BCUT2D eigenvalue weighted by molar-refractivity contribution is 0.408. The van der Waals surface area contributed by atoms with Crippen LogP contribution in [0.5, 0.6) is 0 Å². The third kappa shape index (κ3) is 3.12. The third-order valence-electron chi connectivity index (χ3n) is 2.90. The molecule has 1 fully saturated rings.